The van der Waals surface area contributed by atoms with Gasteiger partial charge in [-0.1, -0.05) is 11.6 Å². The molecule has 0 radical (unpaired) electrons. The smallest absolute Gasteiger partial charge is 0.288 e. The van der Waals surface area contributed by atoms with Crippen molar-refractivity contribution in [3.8, 4) is 17.7 Å². The topological polar surface area (TPSA) is 142 Å². The van der Waals surface area contributed by atoms with Crippen molar-refractivity contribution in [1.29, 1.82) is 5.26 Å². The van der Waals surface area contributed by atoms with Crippen molar-refractivity contribution in [3.05, 3.63) is 95.0 Å². The average Bonchev–Trinajstić information content (AvgIpc) is 3.74. The number of ether oxygens (including phenoxy) is 2. The first-order valence-corrected chi connectivity index (χ1v) is 16.9. The van der Waals surface area contributed by atoms with Crippen LogP contribution in [0.1, 0.15) is 23.6 Å². The Morgan fingerprint density at radius 3 is 2.40 bits per heavy atom. The van der Waals surface area contributed by atoms with Crippen LogP contribution in [0.4, 0.5) is 11.4 Å². The van der Waals surface area contributed by atoms with Gasteiger partial charge in [-0.3, -0.25) is 14.7 Å². The Balaban J connectivity index is 1.41. The molecule has 1 amide bonds. The van der Waals surface area contributed by atoms with Crippen LogP contribution < -0.4 is 18.7 Å². The molecular weight excluding hydrogens is 642 g/mol. The van der Waals surface area contributed by atoms with Crippen molar-refractivity contribution in [2.45, 2.75) is 17.5 Å². The van der Waals surface area contributed by atoms with Crippen LogP contribution in [0.3, 0.4) is 0 Å². The van der Waals surface area contributed by atoms with E-state index in [1.54, 1.807) is 37.5 Å². The van der Waals surface area contributed by atoms with Gasteiger partial charge in [-0.05, 0) is 73.4 Å². The number of nitriles is 1. The second-order valence-electron chi connectivity index (χ2n) is 11.6. The minimum absolute atomic E-state index is 0.110. The normalized spacial score (nSPS) is 22.2. The molecule has 6 heterocycles. The van der Waals surface area contributed by atoms with Crippen LogP contribution in [-0.2, 0) is 20.4 Å². The van der Waals surface area contributed by atoms with E-state index in [-0.39, 0.29) is 45.8 Å². The van der Waals surface area contributed by atoms with Crippen LogP contribution in [0, 0.1) is 23.2 Å². The van der Waals surface area contributed by atoms with Crippen LogP contribution in [0.15, 0.2) is 78.2 Å². The van der Waals surface area contributed by atoms with Crippen LogP contribution in [0.5, 0.6) is 11.6 Å². The molecule has 4 aromatic rings. The first-order valence-electron chi connectivity index (χ1n) is 15.1. The third-order valence-electron chi connectivity index (χ3n) is 9.16. The maximum atomic E-state index is 15.3. The standard InChI is InChI=1S/C33H30ClN7O5S/c1-3-46-31-26(6-8-29(34)38-31)33(40-19-22-17-39(18-23(22)20-40)24-10-12-36-13-11-24)27-14-21(15-35)4-7-28(27)41(32(33)42)47(43,44)30-9-5-25(45-2)16-37-30/h4-14,16,22-23H,3,17-20H2,1-2H3. The van der Waals surface area contributed by atoms with Crippen molar-refractivity contribution >= 4 is 38.9 Å². The monoisotopic (exact) mass is 671 g/mol. The van der Waals surface area contributed by atoms with Gasteiger partial charge in [0.25, 0.3) is 15.9 Å². The number of amides is 1. The molecule has 3 unspecified atom stereocenters. The zero-order valence-corrected chi connectivity index (χ0v) is 27.1. The van der Waals surface area contributed by atoms with E-state index in [9.17, 15) is 13.7 Å². The Kier molecular flexibility index (Phi) is 7.74. The van der Waals surface area contributed by atoms with E-state index in [1.165, 1.54) is 37.6 Å². The molecule has 0 saturated carbocycles. The number of hydrogen-bond acceptors (Lipinski definition) is 11. The number of carbonyl (C=O) groups is 1. The summed E-state index contributed by atoms with van der Waals surface area (Å²) in [7, 11) is -3.10. The Morgan fingerprint density at radius 2 is 1.77 bits per heavy atom. The summed E-state index contributed by atoms with van der Waals surface area (Å²) in [5.74, 6) is 0.0682. The fourth-order valence-corrected chi connectivity index (χ4v) is 8.65. The number of sulfonamides is 1. The molecule has 3 aliphatic rings. The molecule has 240 valence electrons. The van der Waals surface area contributed by atoms with Crippen molar-refractivity contribution in [1.82, 2.24) is 19.9 Å². The van der Waals surface area contributed by atoms with Gasteiger partial charge in [-0.15, -0.1) is 0 Å². The Hall–Kier alpha value is -4.77. The van der Waals surface area contributed by atoms with E-state index in [0.717, 1.165) is 23.1 Å². The summed E-state index contributed by atoms with van der Waals surface area (Å²) in [6.07, 6.45) is 4.81. The predicted octanol–water partition coefficient (Wildman–Crippen LogP) is 3.85. The average molecular weight is 672 g/mol. The first-order chi connectivity index (χ1) is 22.7. The van der Waals surface area contributed by atoms with Crippen molar-refractivity contribution in [2.75, 3.05) is 49.1 Å². The number of likely N-dealkylation sites (tertiary alicyclic amines) is 1. The third kappa shape index (κ3) is 4.86. The number of fused-ring (bicyclic) bond motifs is 2. The lowest BCUT2D eigenvalue weighted by Gasteiger charge is -2.39. The van der Waals surface area contributed by atoms with Gasteiger partial charge in [0.2, 0.25) is 5.88 Å². The molecule has 0 aliphatic carbocycles. The molecular formula is C33H30ClN7O5S. The Bertz CT molecular complexity index is 1990. The first kappa shape index (κ1) is 30.9. The summed E-state index contributed by atoms with van der Waals surface area (Å²) in [6, 6.07) is 16.7. The minimum Gasteiger partial charge on any atom is -0.495 e. The van der Waals surface area contributed by atoms with E-state index >= 15 is 4.79 Å². The summed E-state index contributed by atoms with van der Waals surface area (Å²) < 4.78 is 40.8. The zero-order valence-electron chi connectivity index (χ0n) is 25.6. The highest BCUT2D eigenvalue weighted by Crippen LogP contribution is 2.54. The lowest BCUT2D eigenvalue weighted by Crippen LogP contribution is -2.55. The number of methoxy groups -OCH3 is 1. The summed E-state index contributed by atoms with van der Waals surface area (Å²) in [5.41, 5.74) is 0.438. The number of rotatable bonds is 8. The predicted molar refractivity (Wildman–Crippen MR) is 173 cm³/mol. The number of nitrogens with zero attached hydrogens (tertiary/aromatic N) is 7. The highest BCUT2D eigenvalue weighted by atomic mass is 35.5. The zero-order chi connectivity index (χ0) is 32.9. The lowest BCUT2D eigenvalue weighted by atomic mass is 9.82. The van der Waals surface area contributed by atoms with Gasteiger partial charge in [0.05, 0.1) is 37.2 Å². The van der Waals surface area contributed by atoms with Crippen molar-refractivity contribution < 1.29 is 22.7 Å². The van der Waals surface area contributed by atoms with Gasteiger partial charge in [0, 0.05) is 55.4 Å². The Labute approximate surface area is 277 Å². The second-order valence-corrected chi connectivity index (χ2v) is 13.7. The SMILES string of the molecule is CCOc1nc(Cl)ccc1C1(N2CC3CN(c4ccncc4)CC3C2)C(=O)N(S(=O)(=O)c2ccc(OC)cn2)c2ccc(C#N)cc21. The number of carbonyl (C=O) groups excluding carboxylic acids is 1. The molecule has 0 spiro atoms. The Morgan fingerprint density at radius 1 is 1.02 bits per heavy atom. The maximum Gasteiger partial charge on any atom is 0.288 e. The highest BCUT2D eigenvalue weighted by molar-refractivity contribution is 7.93. The van der Waals surface area contributed by atoms with Crippen LogP contribution in [-0.4, -0.2) is 74.1 Å². The van der Waals surface area contributed by atoms with Gasteiger partial charge in [0.15, 0.2) is 10.6 Å². The van der Waals surface area contributed by atoms with Gasteiger partial charge >= 0.3 is 0 Å². The molecule has 2 fully saturated rings. The number of halogens is 1. The molecule has 3 aromatic heterocycles. The van der Waals surface area contributed by atoms with Gasteiger partial charge < -0.3 is 14.4 Å². The molecule has 3 aliphatic heterocycles. The number of aromatic nitrogens is 3. The van der Waals surface area contributed by atoms with Crippen molar-refractivity contribution in [3.63, 3.8) is 0 Å². The summed E-state index contributed by atoms with van der Waals surface area (Å²) in [4.78, 5) is 32.4. The molecule has 7 rings (SSSR count). The molecule has 0 bridgehead atoms. The fourth-order valence-electron chi connectivity index (χ4n) is 7.13. The number of anilines is 2. The maximum absolute atomic E-state index is 15.3. The molecule has 2 saturated heterocycles. The summed E-state index contributed by atoms with van der Waals surface area (Å²) in [6.45, 7) is 4.44. The van der Waals surface area contributed by atoms with E-state index < -0.39 is 21.5 Å². The van der Waals surface area contributed by atoms with Gasteiger partial charge in [-0.25, -0.2) is 9.97 Å². The third-order valence-corrected chi connectivity index (χ3v) is 11.0. The molecule has 3 atom stereocenters. The fraction of sp³-hybridized carbons (Fsp3) is 0.303. The molecule has 47 heavy (non-hydrogen) atoms. The van der Waals surface area contributed by atoms with E-state index in [1.807, 2.05) is 17.0 Å². The molecule has 0 N–H and O–H groups in total. The number of hydrogen-bond donors (Lipinski definition) is 0. The highest BCUT2D eigenvalue weighted by Gasteiger charge is 2.63. The molecule has 1 aromatic carbocycles. The van der Waals surface area contributed by atoms with Gasteiger partial charge in [0.1, 0.15) is 10.9 Å². The van der Waals surface area contributed by atoms with E-state index in [4.69, 9.17) is 21.1 Å². The van der Waals surface area contributed by atoms with Crippen LogP contribution in [0.25, 0.3) is 0 Å². The molecule has 14 heteroatoms. The van der Waals surface area contributed by atoms with Gasteiger partial charge in [-0.2, -0.15) is 18.0 Å². The number of benzene rings is 1. The van der Waals surface area contributed by atoms with E-state index in [0.29, 0.717) is 30.0 Å². The quantitative estimate of drug-likeness (QED) is 0.252. The largest absolute Gasteiger partial charge is 0.495 e. The lowest BCUT2D eigenvalue weighted by molar-refractivity contribution is -0.126. The minimum atomic E-state index is -4.55. The summed E-state index contributed by atoms with van der Waals surface area (Å²) >= 11 is 6.34. The van der Waals surface area contributed by atoms with Crippen molar-refractivity contribution in [2.24, 2.45) is 11.8 Å². The van der Waals surface area contributed by atoms with Crippen LogP contribution >= 0.6 is 11.6 Å². The molecule has 12 nitrogen and oxygen atoms in total. The van der Waals surface area contributed by atoms with Crippen LogP contribution in [0.2, 0.25) is 5.15 Å². The van der Waals surface area contributed by atoms with E-state index in [2.05, 4.69) is 25.9 Å². The summed E-state index contributed by atoms with van der Waals surface area (Å²) in [5, 5.41) is 9.80. The second kappa shape index (κ2) is 11.8. The number of pyridine rings is 3.